The average Bonchev–Trinajstić information content (AvgIpc) is 2.88. The van der Waals surface area contributed by atoms with Crippen LogP contribution in [0.15, 0.2) is 24.4 Å². The van der Waals surface area contributed by atoms with Gasteiger partial charge in [-0.1, -0.05) is 0 Å². The van der Waals surface area contributed by atoms with E-state index in [4.69, 9.17) is 5.21 Å². The van der Waals surface area contributed by atoms with Crippen LogP contribution >= 0.6 is 0 Å². The largest absolute Gasteiger partial charge is 0.298 e. The number of carbonyl (C=O) groups is 3. The van der Waals surface area contributed by atoms with E-state index in [1.165, 1.54) is 5.48 Å². The number of rotatable bonds is 4. The van der Waals surface area contributed by atoms with Crippen molar-refractivity contribution in [3.05, 3.63) is 52.7 Å². The van der Waals surface area contributed by atoms with Crippen molar-refractivity contribution < 1.29 is 28.4 Å². The van der Waals surface area contributed by atoms with E-state index in [9.17, 15) is 23.2 Å². The zero-order valence-electron chi connectivity index (χ0n) is 15.3. The molecule has 1 aliphatic carbocycles. The Morgan fingerprint density at radius 1 is 1.21 bits per heavy atom. The van der Waals surface area contributed by atoms with E-state index in [2.05, 4.69) is 4.98 Å². The highest BCUT2D eigenvalue weighted by Gasteiger charge is 2.43. The maximum absolute atomic E-state index is 14.1. The molecular weight excluding hydrogens is 370 g/mol. The monoisotopic (exact) mass is 388 g/mol. The van der Waals surface area contributed by atoms with Crippen molar-refractivity contribution in [1.29, 1.82) is 0 Å². The highest BCUT2D eigenvalue weighted by molar-refractivity contribution is 6.15. The van der Waals surface area contributed by atoms with Gasteiger partial charge >= 0.3 is 0 Å². The summed E-state index contributed by atoms with van der Waals surface area (Å²) in [7, 11) is 0. The summed E-state index contributed by atoms with van der Waals surface area (Å²) in [4.78, 5) is 40.4. The van der Waals surface area contributed by atoms with Gasteiger partial charge in [0.1, 0.15) is 23.2 Å². The molecule has 1 saturated carbocycles. The number of nitrogens with zero attached hydrogens (tertiary/aromatic N) is 1. The molecule has 0 spiro atoms. The maximum atomic E-state index is 14.1. The van der Waals surface area contributed by atoms with Crippen molar-refractivity contribution in [2.24, 2.45) is 5.92 Å². The van der Waals surface area contributed by atoms with E-state index in [0.29, 0.717) is 22.3 Å². The van der Waals surface area contributed by atoms with Crippen molar-refractivity contribution in [3.63, 3.8) is 0 Å². The van der Waals surface area contributed by atoms with Gasteiger partial charge in [0.05, 0.1) is 6.20 Å². The Balaban J connectivity index is 1.98. The van der Waals surface area contributed by atoms with Gasteiger partial charge < -0.3 is 0 Å². The van der Waals surface area contributed by atoms with E-state index < -0.39 is 29.4 Å². The number of carbonyl (C=O) groups excluding carboxylic acids is 3. The molecule has 0 bridgehead atoms. The fourth-order valence-corrected chi connectivity index (χ4v) is 3.79. The van der Waals surface area contributed by atoms with Gasteiger partial charge in [0.25, 0.3) is 0 Å². The zero-order valence-corrected chi connectivity index (χ0v) is 15.3. The molecule has 0 saturated heterocycles. The molecule has 1 fully saturated rings. The van der Waals surface area contributed by atoms with Gasteiger partial charge in [-0.15, -0.1) is 0 Å². The highest BCUT2D eigenvalue weighted by atomic mass is 19.1. The first-order valence-corrected chi connectivity index (χ1v) is 8.64. The van der Waals surface area contributed by atoms with Crippen LogP contribution in [0.1, 0.15) is 35.4 Å². The minimum Gasteiger partial charge on any atom is -0.298 e. The molecular formula is C20H18F2N2O4. The predicted octanol–water partition coefficient (Wildman–Crippen LogP) is 2.78. The van der Waals surface area contributed by atoms with E-state index in [1.54, 1.807) is 26.0 Å². The Morgan fingerprint density at radius 3 is 2.43 bits per heavy atom. The molecule has 3 rings (SSSR count). The lowest BCUT2D eigenvalue weighted by Gasteiger charge is -2.17. The number of hydrogen-bond donors (Lipinski definition) is 2. The molecule has 2 N–H and O–H groups in total. The van der Waals surface area contributed by atoms with Crippen LogP contribution in [-0.4, -0.2) is 27.7 Å². The summed E-state index contributed by atoms with van der Waals surface area (Å²) in [6.45, 7) is 3.39. The van der Waals surface area contributed by atoms with Crippen molar-refractivity contribution >= 4 is 17.5 Å². The first-order chi connectivity index (χ1) is 13.2. The normalized spacial score (nSPS) is 19.2. The van der Waals surface area contributed by atoms with Crippen LogP contribution < -0.4 is 5.48 Å². The maximum Gasteiger partial charge on any atom is 0.244 e. The number of hydrogen-bond acceptors (Lipinski definition) is 5. The van der Waals surface area contributed by atoms with E-state index in [0.717, 1.165) is 12.3 Å². The second-order valence-electron chi connectivity index (χ2n) is 6.95. The first kappa shape index (κ1) is 19.8. The number of nitrogens with one attached hydrogen (secondary N) is 1. The predicted molar refractivity (Wildman–Crippen MR) is 94.5 cm³/mol. The number of ketones is 2. The summed E-state index contributed by atoms with van der Waals surface area (Å²) in [5, 5.41) is 8.64. The van der Waals surface area contributed by atoms with Gasteiger partial charge in [0.15, 0.2) is 11.6 Å². The number of pyridine rings is 1. The quantitative estimate of drug-likeness (QED) is 0.477. The molecule has 1 heterocycles. The molecule has 2 atom stereocenters. The minimum atomic E-state index is -1.00. The Hall–Kier alpha value is -3.00. The lowest BCUT2D eigenvalue weighted by Crippen LogP contribution is -2.25. The van der Waals surface area contributed by atoms with Crippen LogP contribution in [-0.2, 0) is 14.4 Å². The van der Waals surface area contributed by atoms with E-state index >= 15 is 0 Å². The van der Waals surface area contributed by atoms with E-state index in [-0.39, 0.29) is 30.1 Å². The molecule has 0 aliphatic heterocycles. The smallest absolute Gasteiger partial charge is 0.244 e. The molecule has 1 aromatic carbocycles. The molecule has 1 amide bonds. The van der Waals surface area contributed by atoms with Crippen molar-refractivity contribution in [1.82, 2.24) is 10.5 Å². The molecule has 28 heavy (non-hydrogen) atoms. The second-order valence-corrected chi connectivity index (χ2v) is 6.95. The fraction of sp³-hybridized carbons (Fsp3) is 0.300. The molecule has 2 unspecified atom stereocenters. The molecule has 2 aromatic rings. The first-order valence-electron chi connectivity index (χ1n) is 8.64. The Kier molecular flexibility index (Phi) is 5.33. The van der Waals surface area contributed by atoms with Crippen molar-refractivity contribution in [2.75, 3.05) is 0 Å². The third kappa shape index (κ3) is 3.55. The number of benzene rings is 1. The third-order valence-corrected chi connectivity index (χ3v) is 4.98. The molecule has 1 aromatic heterocycles. The number of aromatic nitrogens is 1. The van der Waals surface area contributed by atoms with Gasteiger partial charge in [-0.05, 0) is 42.7 Å². The molecule has 146 valence electrons. The van der Waals surface area contributed by atoms with Gasteiger partial charge in [-0.2, -0.15) is 0 Å². The summed E-state index contributed by atoms with van der Waals surface area (Å²) in [6.07, 6.45) is 0.571. The SMILES string of the molecule is Cc1cc(-c2ncc(F)cc2F)cc(C)c1C1C(=O)CC(CC(=O)NO)C1=O. The molecule has 1 aliphatic rings. The summed E-state index contributed by atoms with van der Waals surface area (Å²) in [5.74, 6) is -4.80. The topological polar surface area (TPSA) is 96.4 Å². The van der Waals surface area contributed by atoms with Crippen LogP contribution in [0, 0.1) is 31.4 Å². The lowest BCUT2D eigenvalue weighted by molar-refractivity contribution is -0.133. The van der Waals surface area contributed by atoms with Crippen LogP contribution in [0.2, 0.25) is 0 Å². The number of halogens is 2. The summed E-state index contributed by atoms with van der Waals surface area (Å²) in [5.41, 5.74) is 3.56. The van der Waals surface area contributed by atoms with Crippen LogP contribution in [0.4, 0.5) is 8.78 Å². The number of hydroxylamine groups is 1. The third-order valence-electron chi connectivity index (χ3n) is 4.98. The Bertz CT molecular complexity index is 967. The Labute approximate surface area is 159 Å². The van der Waals surface area contributed by atoms with Crippen molar-refractivity contribution in [3.8, 4) is 11.3 Å². The van der Waals surface area contributed by atoms with Crippen LogP contribution in [0.3, 0.4) is 0 Å². The van der Waals surface area contributed by atoms with Crippen molar-refractivity contribution in [2.45, 2.75) is 32.6 Å². The van der Waals surface area contributed by atoms with Gasteiger partial charge in [0, 0.05) is 30.4 Å². The molecule has 8 heteroatoms. The standard InChI is InChI=1S/C20H18F2N2O4/c1-9-3-11(19-14(22)7-13(21)8-23-19)4-10(2)17(9)18-15(25)5-12(20(18)27)6-16(26)24-28/h3-4,7-8,12,18,28H,5-6H2,1-2H3,(H,24,26). The lowest BCUT2D eigenvalue weighted by atomic mass is 9.85. The number of amides is 1. The van der Waals surface area contributed by atoms with Gasteiger partial charge in [-0.25, -0.2) is 14.3 Å². The summed E-state index contributed by atoms with van der Waals surface area (Å²) < 4.78 is 27.2. The molecule has 0 radical (unpaired) electrons. The number of Topliss-reactive ketones (excluding diaryl/α,β-unsaturated/α-hetero) is 2. The minimum absolute atomic E-state index is 0.0271. The average molecular weight is 388 g/mol. The summed E-state index contributed by atoms with van der Waals surface area (Å²) >= 11 is 0. The highest BCUT2D eigenvalue weighted by Crippen LogP contribution is 2.38. The Morgan fingerprint density at radius 2 is 1.86 bits per heavy atom. The number of aryl methyl sites for hydroxylation is 2. The van der Waals surface area contributed by atoms with Crippen LogP contribution in [0.25, 0.3) is 11.3 Å². The van der Waals surface area contributed by atoms with E-state index in [1.807, 2.05) is 0 Å². The molecule has 6 nitrogen and oxygen atoms in total. The summed E-state index contributed by atoms with van der Waals surface area (Å²) in [6, 6.07) is 3.93. The fourth-order valence-electron chi connectivity index (χ4n) is 3.79. The van der Waals surface area contributed by atoms with Crippen LogP contribution in [0.5, 0.6) is 0 Å². The van der Waals surface area contributed by atoms with Gasteiger partial charge in [-0.3, -0.25) is 24.6 Å². The zero-order chi connectivity index (χ0) is 20.6. The second kappa shape index (κ2) is 7.55. The van der Waals surface area contributed by atoms with Gasteiger partial charge in [0.2, 0.25) is 5.91 Å².